The summed E-state index contributed by atoms with van der Waals surface area (Å²) in [6.45, 7) is 6.26. The lowest BCUT2D eigenvalue weighted by Gasteiger charge is -2.39. The number of benzene rings is 4. The second kappa shape index (κ2) is 12.1. The number of fused-ring (bicyclic) bond motifs is 1. The Balaban J connectivity index is 1.74. The summed E-state index contributed by atoms with van der Waals surface area (Å²) in [5.41, 5.74) is 9.00. The molecule has 0 spiro atoms. The fourth-order valence-corrected chi connectivity index (χ4v) is 6.84. The molecule has 0 aromatic heterocycles. The predicted octanol–water partition coefficient (Wildman–Crippen LogP) is 8.46. The Morgan fingerprint density at radius 3 is 1.71 bits per heavy atom. The SMILES string of the molecule is CCN(CC)c1ccc2c(c1)N=C(Nc1ccc(Cl)cc1)SC2(c1ccc(N(C)C)cc1)c1ccc(N(C)C)cc1. The summed E-state index contributed by atoms with van der Waals surface area (Å²) >= 11 is 7.94. The third-order valence-electron chi connectivity index (χ3n) is 7.64. The molecule has 212 valence electrons. The Hall–Kier alpha value is -3.61. The topological polar surface area (TPSA) is 34.1 Å². The number of hydrogen-bond donors (Lipinski definition) is 1. The van der Waals surface area contributed by atoms with E-state index in [0.717, 1.165) is 41.0 Å². The van der Waals surface area contributed by atoms with E-state index in [-0.39, 0.29) is 0 Å². The van der Waals surface area contributed by atoms with Gasteiger partial charge in [0.25, 0.3) is 0 Å². The van der Waals surface area contributed by atoms with Crippen LogP contribution in [0.4, 0.5) is 28.4 Å². The Labute approximate surface area is 253 Å². The molecule has 1 N–H and O–H groups in total. The van der Waals surface area contributed by atoms with Crippen LogP contribution in [-0.4, -0.2) is 46.4 Å². The predicted molar refractivity (Wildman–Crippen MR) is 181 cm³/mol. The highest BCUT2D eigenvalue weighted by molar-refractivity contribution is 8.15. The fourth-order valence-electron chi connectivity index (χ4n) is 5.32. The minimum atomic E-state index is -0.524. The van der Waals surface area contributed by atoms with Crippen molar-refractivity contribution < 1.29 is 0 Å². The van der Waals surface area contributed by atoms with Crippen molar-refractivity contribution in [2.24, 2.45) is 4.99 Å². The lowest BCUT2D eigenvalue weighted by Crippen LogP contribution is -2.32. The molecule has 4 aromatic rings. The van der Waals surface area contributed by atoms with Crippen LogP contribution in [0.3, 0.4) is 0 Å². The third-order valence-corrected chi connectivity index (χ3v) is 9.27. The first-order valence-electron chi connectivity index (χ1n) is 14.0. The van der Waals surface area contributed by atoms with E-state index in [1.807, 2.05) is 24.3 Å². The monoisotopic (exact) mass is 583 g/mol. The molecule has 0 aliphatic carbocycles. The maximum absolute atomic E-state index is 6.20. The lowest BCUT2D eigenvalue weighted by atomic mass is 9.82. The normalized spacial score (nSPS) is 13.7. The van der Waals surface area contributed by atoms with Crippen molar-refractivity contribution in [3.63, 3.8) is 0 Å². The number of halogens is 1. The number of rotatable bonds is 8. The highest BCUT2D eigenvalue weighted by Gasteiger charge is 2.43. The lowest BCUT2D eigenvalue weighted by molar-refractivity contribution is 0.860. The Bertz CT molecular complexity index is 1460. The highest BCUT2D eigenvalue weighted by atomic mass is 35.5. The quantitative estimate of drug-likeness (QED) is 0.225. The first-order chi connectivity index (χ1) is 19.7. The average molecular weight is 584 g/mol. The number of nitrogens with zero attached hydrogens (tertiary/aromatic N) is 4. The molecule has 7 heteroatoms. The van der Waals surface area contributed by atoms with Gasteiger partial charge in [-0.05, 0) is 85.6 Å². The van der Waals surface area contributed by atoms with Gasteiger partial charge in [-0.15, -0.1) is 0 Å². The van der Waals surface area contributed by atoms with Crippen molar-refractivity contribution in [3.05, 3.63) is 113 Å². The maximum Gasteiger partial charge on any atom is 0.167 e. The van der Waals surface area contributed by atoms with Gasteiger partial charge in [-0.1, -0.05) is 53.7 Å². The molecule has 0 fully saturated rings. The molecular weight excluding hydrogens is 546 g/mol. The molecule has 0 saturated carbocycles. The Morgan fingerprint density at radius 1 is 0.707 bits per heavy atom. The zero-order valence-electron chi connectivity index (χ0n) is 24.6. The van der Waals surface area contributed by atoms with E-state index in [1.165, 1.54) is 22.4 Å². The summed E-state index contributed by atoms with van der Waals surface area (Å²) in [7, 11) is 8.30. The number of hydrogen-bond acceptors (Lipinski definition) is 6. The van der Waals surface area contributed by atoms with E-state index >= 15 is 0 Å². The second-order valence-corrected chi connectivity index (χ2v) is 12.2. The summed E-state index contributed by atoms with van der Waals surface area (Å²) in [5.74, 6) is 0. The van der Waals surface area contributed by atoms with Crippen molar-refractivity contribution >= 4 is 57.0 Å². The zero-order chi connectivity index (χ0) is 29.1. The minimum absolute atomic E-state index is 0.524. The Morgan fingerprint density at radius 2 is 1.22 bits per heavy atom. The van der Waals surface area contributed by atoms with Crippen LogP contribution >= 0.6 is 23.4 Å². The third kappa shape index (κ3) is 5.77. The molecular formula is C34H38ClN5S. The van der Waals surface area contributed by atoms with Gasteiger partial charge in [0.2, 0.25) is 0 Å². The summed E-state index contributed by atoms with van der Waals surface area (Å²) in [4.78, 5) is 11.8. The zero-order valence-corrected chi connectivity index (χ0v) is 26.2. The van der Waals surface area contributed by atoms with Crippen molar-refractivity contribution in [1.82, 2.24) is 0 Å². The van der Waals surface area contributed by atoms with Crippen LogP contribution in [0.2, 0.25) is 5.02 Å². The summed E-state index contributed by atoms with van der Waals surface area (Å²) in [6, 6.07) is 32.4. The number of amidine groups is 1. The molecule has 5 rings (SSSR count). The van der Waals surface area contributed by atoms with Crippen molar-refractivity contribution in [2.75, 3.05) is 61.3 Å². The molecule has 1 heterocycles. The number of anilines is 4. The van der Waals surface area contributed by atoms with Gasteiger partial charge in [0.1, 0.15) is 4.75 Å². The van der Waals surface area contributed by atoms with Gasteiger partial charge in [0.05, 0.1) is 5.69 Å². The molecule has 0 atom stereocenters. The first kappa shape index (κ1) is 28.9. The van der Waals surface area contributed by atoms with Crippen molar-refractivity contribution in [1.29, 1.82) is 0 Å². The van der Waals surface area contributed by atoms with E-state index in [4.69, 9.17) is 16.6 Å². The van der Waals surface area contributed by atoms with Crippen LogP contribution < -0.4 is 20.0 Å². The van der Waals surface area contributed by atoms with Crippen molar-refractivity contribution in [3.8, 4) is 0 Å². The average Bonchev–Trinajstić information content (AvgIpc) is 2.98. The number of thioether (sulfide) groups is 1. The van der Waals surface area contributed by atoms with Crippen LogP contribution in [0.1, 0.15) is 30.5 Å². The molecule has 1 aliphatic heterocycles. The highest BCUT2D eigenvalue weighted by Crippen LogP contribution is 2.55. The summed E-state index contributed by atoms with van der Waals surface area (Å²) < 4.78 is -0.524. The second-order valence-electron chi connectivity index (χ2n) is 10.6. The minimum Gasteiger partial charge on any atom is -0.378 e. The first-order valence-corrected chi connectivity index (χ1v) is 15.2. The fraction of sp³-hybridized carbons (Fsp3) is 0.265. The van der Waals surface area contributed by atoms with Crippen LogP contribution in [0, 0.1) is 0 Å². The van der Waals surface area contributed by atoms with E-state index in [1.54, 1.807) is 11.8 Å². The standard InChI is InChI=1S/C34H38ClN5S/c1-7-40(8-2)30-21-22-31-32(23-30)37-33(36-27-15-13-26(35)14-16-27)41-34(31,24-9-17-28(18-10-24)38(3)4)25-11-19-29(20-12-25)39(5)6/h9-23H,7-8H2,1-6H3,(H,36,37). The van der Waals surface area contributed by atoms with E-state index < -0.39 is 4.75 Å². The van der Waals surface area contributed by atoms with Gasteiger partial charge in [-0.25, -0.2) is 4.99 Å². The molecule has 5 nitrogen and oxygen atoms in total. The van der Waals surface area contributed by atoms with Gasteiger partial charge in [0, 0.05) is 74.6 Å². The molecule has 0 unspecified atom stereocenters. The van der Waals surface area contributed by atoms with Gasteiger partial charge in [0.15, 0.2) is 5.17 Å². The van der Waals surface area contributed by atoms with E-state index in [9.17, 15) is 0 Å². The summed E-state index contributed by atoms with van der Waals surface area (Å²) in [6.07, 6.45) is 0. The molecule has 0 bridgehead atoms. The van der Waals surface area contributed by atoms with Crippen LogP contribution in [-0.2, 0) is 4.75 Å². The van der Waals surface area contributed by atoms with E-state index in [0.29, 0.717) is 5.02 Å². The Kier molecular flexibility index (Phi) is 8.52. The van der Waals surface area contributed by atoms with Gasteiger partial charge in [-0.3, -0.25) is 0 Å². The van der Waals surface area contributed by atoms with Crippen LogP contribution in [0.25, 0.3) is 0 Å². The summed E-state index contributed by atoms with van der Waals surface area (Å²) in [5, 5.41) is 5.15. The molecule has 0 amide bonds. The maximum atomic E-state index is 6.20. The van der Waals surface area contributed by atoms with Gasteiger partial charge >= 0.3 is 0 Å². The molecule has 0 saturated heterocycles. The van der Waals surface area contributed by atoms with Gasteiger partial charge < -0.3 is 20.0 Å². The van der Waals surface area contributed by atoms with Gasteiger partial charge in [-0.2, -0.15) is 0 Å². The molecule has 0 radical (unpaired) electrons. The number of aliphatic imine (C=N–C) groups is 1. The van der Waals surface area contributed by atoms with Crippen molar-refractivity contribution in [2.45, 2.75) is 18.6 Å². The van der Waals surface area contributed by atoms with Crippen LogP contribution in [0.15, 0.2) is 96.0 Å². The number of nitrogens with one attached hydrogen (secondary N) is 1. The smallest absolute Gasteiger partial charge is 0.167 e. The molecule has 1 aliphatic rings. The molecule has 4 aromatic carbocycles. The largest absolute Gasteiger partial charge is 0.378 e. The molecule has 41 heavy (non-hydrogen) atoms. The van der Waals surface area contributed by atoms with E-state index in [2.05, 4.69) is 129 Å². The van der Waals surface area contributed by atoms with Crippen LogP contribution in [0.5, 0.6) is 0 Å².